The van der Waals surface area contributed by atoms with Crippen molar-refractivity contribution < 1.29 is 9.15 Å². The van der Waals surface area contributed by atoms with Crippen LogP contribution in [0.3, 0.4) is 0 Å². The van der Waals surface area contributed by atoms with Gasteiger partial charge in [-0.05, 0) is 37.7 Å². The normalized spacial score (nSPS) is 12.7. The Labute approximate surface area is 120 Å². The van der Waals surface area contributed by atoms with Gasteiger partial charge in [0.2, 0.25) is 0 Å². The van der Waals surface area contributed by atoms with Crippen LogP contribution in [0.2, 0.25) is 0 Å². The highest BCUT2D eigenvalue weighted by molar-refractivity contribution is 5.29. The van der Waals surface area contributed by atoms with E-state index < -0.39 is 0 Å². The van der Waals surface area contributed by atoms with Gasteiger partial charge in [-0.25, -0.2) is 0 Å². The van der Waals surface area contributed by atoms with Gasteiger partial charge in [-0.15, -0.1) is 0 Å². The Kier molecular flexibility index (Phi) is 4.82. The SMILES string of the molecule is COc1ccc(C(CN)N(C)Cc2ccoc2C)cc1. The zero-order valence-electron chi connectivity index (χ0n) is 12.3. The number of hydrogen-bond donors (Lipinski definition) is 1. The number of rotatable bonds is 6. The summed E-state index contributed by atoms with van der Waals surface area (Å²) in [7, 11) is 3.75. The third-order valence-corrected chi connectivity index (χ3v) is 3.64. The Morgan fingerprint density at radius 1 is 1.25 bits per heavy atom. The smallest absolute Gasteiger partial charge is 0.118 e. The Bertz CT molecular complexity index is 534. The first-order chi connectivity index (χ1) is 9.65. The van der Waals surface area contributed by atoms with Crippen molar-refractivity contribution in [2.24, 2.45) is 5.73 Å². The van der Waals surface area contributed by atoms with E-state index in [1.165, 1.54) is 11.1 Å². The largest absolute Gasteiger partial charge is 0.497 e. The second-order valence-corrected chi connectivity index (χ2v) is 4.94. The van der Waals surface area contributed by atoms with Crippen molar-refractivity contribution in [2.75, 3.05) is 20.7 Å². The summed E-state index contributed by atoms with van der Waals surface area (Å²) in [6.07, 6.45) is 1.73. The Hall–Kier alpha value is -1.78. The minimum Gasteiger partial charge on any atom is -0.497 e. The van der Waals surface area contributed by atoms with Gasteiger partial charge >= 0.3 is 0 Å². The Morgan fingerprint density at radius 3 is 2.45 bits per heavy atom. The maximum absolute atomic E-state index is 5.95. The molecule has 0 saturated carbocycles. The Balaban J connectivity index is 2.12. The van der Waals surface area contributed by atoms with Crippen molar-refractivity contribution in [1.82, 2.24) is 4.90 Å². The molecule has 1 atom stereocenters. The molecule has 1 aromatic carbocycles. The predicted molar refractivity (Wildman–Crippen MR) is 79.7 cm³/mol. The van der Waals surface area contributed by atoms with Crippen LogP contribution in [0.15, 0.2) is 41.0 Å². The summed E-state index contributed by atoms with van der Waals surface area (Å²) in [4.78, 5) is 2.24. The fraction of sp³-hybridized carbons (Fsp3) is 0.375. The van der Waals surface area contributed by atoms with Crippen LogP contribution in [0.4, 0.5) is 0 Å². The zero-order chi connectivity index (χ0) is 14.5. The van der Waals surface area contributed by atoms with Crippen LogP contribution in [0, 0.1) is 6.92 Å². The number of methoxy groups -OCH3 is 1. The van der Waals surface area contributed by atoms with Crippen LogP contribution in [0.1, 0.15) is 22.9 Å². The van der Waals surface area contributed by atoms with Crippen LogP contribution in [0.25, 0.3) is 0 Å². The highest BCUT2D eigenvalue weighted by Gasteiger charge is 2.17. The van der Waals surface area contributed by atoms with E-state index in [9.17, 15) is 0 Å². The standard InChI is InChI=1S/C16H22N2O2/c1-12-14(8-9-20-12)11-18(2)16(10-17)13-4-6-15(19-3)7-5-13/h4-9,16H,10-11,17H2,1-3H3. The zero-order valence-corrected chi connectivity index (χ0v) is 12.3. The molecule has 0 saturated heterocycles. The lowest BCUT2D eigenvalue weighted by atomic mass is 10.0. The topological polar surface area (TPSA) is 51.6 Å². The quantitative estimate of drug-likeness (QED) is 0.880. The van der Waals surface area contributed by atoms with Crippen molar-refractivity contribution in [1.29, 1.82) is 0 Å². The van der Waals surface area contributed by atoms with Gasteiger partial charge < -0.3 is 14.9 Å². The first-order valence-corrected chi connectivity index (χ1v) is 6.73. The first-order valence-electron chi connectivity index (χ1n) is 6.73. The van der Waals surface area contributed by atoms with E-state index in [4.69, 9.17) is 14.9 Å². The number of likely N-dealkylation sites (N-methyl/N-ethyl adjacent to an activating group) is 1. The van der Waals surface area contributed by atoms with E-state index >= 15 is 0 Å². The molecule has 108 valence electrons. The van der Waals surface area contributed by atoms with Gasteiger partial charge in [-0.2, -0.15) is 0 Å². The highest BCUT2D eigenvalue weighted by atomic mass is 16.5. The number of furan rings is 1. The maximum Gasteiger partial charge on any atom is 0.118 e. The van der Waals surface area contributed by atoms with Gasteiger partial charge in [0.15, 0.2) is 0 Å². The number of nitrogens with two attached hydrogens (primary N) is 1. The predicted octanol–water partition coefficient (Wildman–Crippen LogP) is 2.73. The maximum atomic E-state index is 5.95. The van der Waals surface area contributed by atoms with Crippen LogP contribution >= 0.6 is 0 Å². The molecule has 0 aliphatic heterocycles. The third-order valence-electron chi connectivity index (χ3n) is 3.64. The molecule has 0 bridgehead atoms. The summed E-state index contributed by atoms with van der Waals surface area (Å²) in [5, 5.41) is 0. The molecular formula is C16H22N2O2. The average Bonchev–Trinajstić information content (AvgIpc) is 2.86. The van der Waals surface area contributed by atoms with Crippen molar-refractivity contribution in [3.05, 3.63) is 53.5 Å². The van der Waals surface area contributed by atoms with E-state index in [-0.39, 0.29) is 6.04 Å². The number of ether oxygens (including phenoxy) is 1. The third kappa shape index (κ3) is 3.21. The second-order valence-electron chi connectivity index (χ2n) is 4.94. The average molecular weight is 274 g/mol. The van der Waals surface area contributed by atoms with Gasteiger partial charge in [0.25, 0.3) is 0 Å². The summed E-state index contributed by atoms with van der Waals surface area (Å²) in [5.41, 5.74) is 8.33. The van der Waals surface area contributed by atoms with Crippen molar-refractivity contribution in [2.45, 2.75) is 19.5 Å². The molecule has 1 aromatic heterocycles. The van der Waals surface area contributed by atoms with E-state index in [1.807, 2.05) is 25.1 Å². The van der Waals surface area contributed by atoms with Crippen LogP contribution in [0.5, 0.6) is 5.75 Å². The molecule has 0 radical (unpaired) electrons. The minimum absolute atomic E-state index is 0.176. The molecule has 4 heteroatoms. The van der Waals surface area contributed by atoms with E-state index in [1.54, 1.807) is 13.4 Å². The van der Waals surface area contributed by atoms with Gasteiger partial charge in [0.1, 0.15) is 11.5 Å². The van der Waals surface area contributed by atoms with Gasteiger partial charge in [0.05, 0.1) is 13.4 Å². The number of nitrogens with zero attached hydrogens (tertiary/aromatic N) is 1. The molecule has 1 unspecified atom stereocenters. The first kappa shape index (κ1) is 14.6. The molecule has 0 amide bonds. The fourth-order valence-electron chi connectivity index (χ4n) is 2.35. The minimum atomic E-state index is 0.176. The fourth-order valence-corrected chi connectivity index (χ4v) is 2.35. The molecule has 1 heterocycles. The van der Waals surface area contributed by atoms with Crippen molar-refractivity contribution in [3.8, 4) is 5.75 Å². The summed E-state index contributed by atoms with van der Waals surface area (Å²) in [6, 6.07) is 10.2. The highest BCUT2D eigenvalue weighted by Crippen LogP contribution is 2.23. The lowest BCUT2D eigenvalue weighted by Crippen LogP contribution is -2.30. The van der Waals surface area contributed by atoms with Crippen LogP contribution < -0.4 is 10.5 Å². The van der Waals surface area contributed by atoms with E-state index in [2.05, 4.69) is 24.1 Å². The summed E-state index contributed by atoms with van der Waals surface area (Å²) in [5.74, 6) is 1.82. The second kappa shape index (κ2) is 6.59. The van der Waals surface area contributed by atoms with Crippen LogP contribution in [-0.2, 0) is 6.54 Å². The molecule has 0 aliphatic rings. The van der Waals surface area contributed by atoms with E-state index in [0.717, 1.165) is 18.1 Å². The number of hydrogen-bond acceptors (Lipinski definition) is 4. The molecule has 0 aliphatic carbocycles. The van der Waals surface area contributed by atoms with E-state index in [0.29, 0.717) is 6.54 Å². The van der Waals surface area contributed by atoms with Crippen LogP contribution in [-0.4, -0.2) is 25.6 Å². The molecule has 0 spiro atoms. The van der Waals surface area contributed by atoms with Crippen molar-refractivity contribution in [3.63, 3.8) is 0 Å². The van der Waals surface area contributed by atoms with Crippen molar-refractivity contribution >= 4 is 0 Å². The molecule has 2 N–H and O–H groups in total. The Morgan fingerprint density at radius 2 is 1.95 bits per heavy atom. The molecule has 2 rings (SSSR count). The lowest BCUT2D eigenvalue weighted by molar-refractivity contribution is 0.240. The molecular weight excluding hydrogens is 252 g/mol. The monoisotopic (exact) mass is 274 g/mol. The number of benzene rings is 1. The molecule has 0 fully saturated rings. The summed E-state index contributed by atoms with van der Waals surface area (Å²) in [6.45, 7) is 3.37. The molecule has 2 aromatic rings. The van der Waals surface area contributed by atoms with Gasteiger partial charge in [-0.1, -0.05) is 12.1 Å². The lowest BCUT2D eigenvalue weighted by Gasteiger charge is -2.27. The number of aryl methyl sites for hydroxylation is 1. The molecule has 4 nitrogen and oxygen atoms in total. The van der Waals surface area contributed by atoms with Gasteiger partial charge in [0, 0.05) is 24.7 Å². The summed E-state index contributed by atoms with van der Waals surface area (Å²) < 4.78 is 10.5. The van der Waals surface area contributed by atoms with Gasteiger partial charge in [-0.3, -0.25) is 4.90 Å². The summed E-state index contributed by atoms with van der Waals surface area (Å²) >= 11 is 0. The molecule has 20 heavy (non-hydrogen) atoms.